The highest BCUT2D eigenvalue weighted by Crippen LogP contribution is 2.28. The second-order valence-corrected chi connectivity index (χ2v) is 6.54. The van der Waals surface area contributed by atoms with E-state index < -0.39 is 0 Å². The van der Waals surface area contributed by atoms with Gasteiger partial charge in [0.05, 0.1) is 5.56 Å². The summed E-state index contributed by atoms with van der Waals surface area (Å²) >= 11 is 0. The number of piperidine rings is 1. The summed E-state index contributed by atoms with van der Waals surface area (Å²) in [5, 5.41) is 0. The number of rotatable bonds is 3. The van der Waals surface area contributed by atoms with E-state index in [1.807, 2.05) is 30.0 Å². The summed E-state index contributed by atoms with van der Waals surface area (Å²) < 4.78 is 0. The van der Waals surface area contributed by atoms with Crippen LogP contribution < -0.4 is 5.73 Å². The lowest BCUT2D eigenvalue weighted by atomic mass is 9.89. The smallest absolute Gasteiger partial charge is 0.254 e. The van der Waals surface area contributed by atoms with Crippen molar-refractivity contribution in [2.24, 2.45) is 11.7 Å². The van der Waals surface area contributed by atoms with Gasteiger partial charge in [-0.3, -0.25) is 4.79 Å². The van der Waals surface area contributed by atoms with Crippen molar-refractivity contribution in [2.45, 2.75) is 32.7 Å². The fourth-order valence-corrected chi connectivity index (χ4v) is 3.48. The molecule has 1 aromatic heterocycles. The second-order valence-electron chi connectivity index (χ2n) is 6.54. The Morgan fingerprint density at radius 2 is 2.08 bits per heavy atom. The zero-order valence-electron chi connectivity index (χ0n) is 14.3. The van der Waals surface area contributed by atoms with Crippen molar-refractivity contribution in [1.82, 2.24) is 14.9 Å². The number of nitrogens with two attached hydrogens (primary N) is 1. The number of benzene rings is 1. The number of nitrogens with zero attached hydrogens (tertiary/aromatic N) is 3. The maximum Gasteiger partial charge on any atom is 0.254 e. The molecule has 0 aliphatic carbocycles. The number of carbonyl (C=O) groups is 1. The van der Waals surface area contributed by atoms with Gasteiger partial charge in [0.1, 0.15) is 0 Å². The molecule has 1 aliphatic rings. The minimum atomic E-state index is 0.0307. The van der Waals surface area contributed by atoms with Gasteiger partial charge in [-0.2, -0.15) is 0 Å². The fraction of sp³-hybridized carbons (Fsp3) is 0.421. The molecule has 1 aliphatic heterocycles. The second kappa shape index (κ2) is 7.09. The lowest BCUT2D eigenvalue weighted by molar-refractivity contribution is 0.0533. The number of likely N-dealkylation sites (tertiary alicyclic amines) is 1. The van der Waals surface area contributed by atoms with Crippen molar-refractivity contribution in [3.8, 4) is 11.4 Å². The van der Waals surface area contributed by atoms with Crippen molar-refractivity contribution in [2.75, 3.05) is 13.1 Å². The Balaban J connectivity index is 2.02. The van der Waals surface area contributed by atoms with E-state index >= 15 is 0 Å². The molecule has 1 fully saturated rings. The highest BCUT2D eigenvalue weighted by Gasteiger charge is 2.32. The normalized spacial score (nSPS) is 20.9. The monoisotopic (exact) mass is 324 g/mol. The fourth-order valence-electron chi connectivity index (χ4n) is 3.48. The largest absolute Gasteiger partial charge is 0.334 e. The first-order valence-corrected chi connectivity index (χ1v) is 8.51. The molecule has 1 amide bonds. The molecule has 0 spiro atoms. The average Bonchev–Trinajstić information content (AvgIpc) is 2.61. The maximum atomic E-state index is 13.3. The quantitative estimate of drug-likeness (QED) is 0.942. The van der Waals surface area contributed by atoms with Gasteiger partial charge in [-0.1, -0.05) is 24.6 Å². The number of aryl methyl sites for hydroxylation is 1. The Morgan fingerprint density at radius 3 is 2.79 bits per heavy atom. The third-order valence-corrected chi connectivity index (χ3v) is 4.83. The predicted octanol–water partition coefficient (Wildman–Crippen LogP) is 2.65. The number of amides is 1. The van der Waals surface area contributed by atoms with Crippen LogP contribution in [-0.4, -0.2) is 39.9 Å². The van der Waals surface area contributed by atoms with Crippen LogP contribution in [0.2, 0.25) is 0 Å². The van der Waals surface area contributed by atoms with Gasteiger partial charge in [-0.05, 0) is 37.8 Å². The van der Waals surface area contributed by atoms with Crippen LogP contribution in [0.25, 0.3) is 11.4 Å². The van der Waals surface area contributed by atoms with E-state index in [0.717, 1.165) is 30.5 Å². The molecule has 2 aromatic rings. The molecular formula is C19H24N4O. The van der Waals surface area contributed by atoms with E-state index in [1.165, 1.54) is 0 Å². The minimum Gasteiger partial charge on any atom is -0.334 e. The van der Waals surface area contributed by atoms with Crippen LogP contribution in [0.15, 0.2) is 36.7 Å². The summed E-state index contributed by atoms with van der Waals surface area (Å²) in [7, 11) is 0. The summed E-state index contributed by atoms with van der Waals surface area (Å²) in [4.78, 5) is 23.8. The third-order valence-electron chi connectivity index (χ3n) is 4.83. The highest BCUT2D eigenvalue weighted by molar-refractivity contribution is 6.00. The van der Waals surface area contributed by atoms with E-state index in [2.05, 4.69) is 16.9 Å². The van der Waals surface area contributed by atoms with Crippen molar-refractivity contribution in [3.05, 3.63) is 47.8 Å². The van der Waals surface area contributed by atoms with Crippen LogP contribution in [0.5, 0.6) is 0 Å². The third kappa shape index (κ3) is 3.17. The summed E-state index contributed by atoms with van der Waals surface area (Å²) in [6, 6.07) is 7.72. The lowest BCUT2D eigenvalue weighted by Gasteiger charge is -2.39. The van der Waals surface area contributed by atoms with Crippen molar-refractivity contribution in [3.63, 3.8) is 0 Å². The molecular weight excluding hydrogens is 300 g/mol. The predicted molar refractivity (Wildman–Crippen MR) is 94.5 cm³/mol. The molecule has 3 rings (SSSR count). The van der Waals surface area contributed by atoms with Crippen molar-refractivity contribution < 1.29 is 4.79 Å². The molecule has 0 saturated carbocycles. The van der Waals surface area contributed by atoms with Crippen LogP contribution in [0.1, 0.15) is 35.7 Å². The maximum absolute atomic E-state index is 13.3. The number of hydrogen-bond donors (Lipinski definition) is 1. The first-order valence-electron chi connectivity index (χ1n) is 8.51. The summed E-state index contributed by atoms with van der Waals surface area (Å²) in [6.45, 7) is 5.42. The number of aromatic nitrogens is 2. The Hall–Kier alpha value is -2.27. The van der Waals surface area contributed by atoms with Gasteiger partial charge in [-0.15, -0.1) is 0 Å². The highest BCUT2D eigenvalue weighted by atomic mass is 16.2. The molecule has 2 atom stereocenters. The van der Waals surface area contributed by atoms with Crippen LogP contribution in [0.3, 0.4) is 0 Å². The molecule has 5 heteroatoms. The molecule has 5 nitrogen and oxygen atoms in total. The van der Waals surface area contributed by atoms with Gasteiger partial charge in [0.25, 0.3) is 5.91 Å². The van der Waals surface area contributed by atoms with Gasteiger partial charge in [0.2, 0.25) is 0 Å². The molecule has 1 saturated heterocycles. The average molecular weight is 324 g/mol. The van der Waals surface area contributed by atoms with Crippen LogP contribution >= 0.6 is 0 Å². The van der Waals surface area contributed by atoms with Crippen molar-refractivity contribution >= 4 is 5.91 Å². The molecule has 0 bridgehead atoms. The zero-order chi connectivity index (χ0) is 17.1. The Kier molecular flexibility index (Phi) is 4.90. The summed E-state index contributed by atoms with van der Waals surface area (Å²) in [5.41, 5.74) is 8.45. The van der Waals surface area contributed by atoms with Gasteiger partial charge >= 0.3 is 0 Å². The number of carbonyl (C=O) groups excluding carboxylic acids is 1. The van der Waals surface area contributed by atoms with Gasteiger partial charge < -0.3 is 10.6 Å². The molecule has 0 radical (unpaired) electrons. The van der Waals surface area contributed by atoms with E-state index in [9.17, 15) is 4.79 Å². The molecule has 24 heavy (non-hydrogen) atoms. The molecule has 1 unspecified atom stereocenters. The Morgan fingerprint density at radius 1 is 1.33 bits per heavy atom. The molecule has 1 aromatic carbocycles. The van der Waals surface area contributed by atoms with Crippen LogP contribution in [0, 0.1) is 12.8 Å². The van der Waals surface area contributed by atoms with Crippen molar-refractivity contribution in [1.29, 1.82) is 0 Å². The van der Waals surface area contributed by atoms with E-state index in [4.69, 9.17) is 5.73 Å². The Labute approximate surface area is 142 Å². The Bertz CT molecular complexity index is 717. The van der Waals surface area contributed by atoms with E-state index in [1.54, 1.807) is 18.5 Å². The van der Waals surface area contributed by atoms with Gasteiger partial charge in [0, 0.05) is 37.1 Å². The standard InChI is InChI=1S/C19H24N4O/c1-13-6-7-15(18-21-8-4-9-22-18)16(11-13)19(24)23-10-3-5-14(2)17(23)12-20/h4,6-9,11,14,17H,3,5,10,12,20H2,1-2H3/t14-,17?/m1/s1. The zero-order valence-corrected chi connectivity index (χ0v) is 14.3. The molecule has 126 valence electrons. The van der Waals surface area contributed by atoms with E-state index in [0.29, 0.717) is 23.9 Å². The van der Waals surface area contributed by atoms with Gasteiger partial charge in [-0.25, -0.2) is 9.97 Å². The van der Waals surface area contributed by atoms with Gasteiger partial charge in [0.15, 0.2) is 5.82 Å². The first kappa shape index (κ1) is 16.6. The summed E-state index contributed by atoms with van der Waals surface area (Å²) in [5.74, 6) is 1.03. The lowest BCUT2D eigenvalue weighted by Crippen LogP contribution is -2.51. The summed E-state index contributed by atoms with van der Waals surface area (Å²) in [6.07, 6.45) is 5.53. The molecule has 2 heterocycles. The minimum absolute atomic E-state index is 0.0307. The molecule has 2 N–H and O–H groups in total. The first-order chi connectivity index (χ1) is 11.6. The van der Waals surface area contributed by atoms with E-state index in [-0.39, 0.29) is 11.9 Å². The number of hydrogen-bond acceptors (Lipinski definition) is 4. The van der Waals surface area contributed by atoms with Crippen LogP contribution in [0.4, 0.5) is 0 Å². The van der Waals surface area contributed by atoms with Crippen LogP contribution in [-0.2, 0) is 0 Å². The topological polar surface area (TPSA) is 72.1 Å². The SMILES string of the molecule is Cc1ccc(-c2ncccn2)c(C(=O)N2CCC[C@@H](C)C2CN)c1.